The van der Waals surface area contributed by atoms with E-state index in [1.807, 2.05) is 6.92 Å². The minimum absolute atomic E-state index is 0.119. The van der Waals surface area contributed by atoms with Crippen LogP contribution in [0.3, 0.4) is 0 Å². The van der Waals surface area contributed by atoms with Gasteiger partial charge in [0.1, 0.15) is 0 Å². The predicted octanol–water partition coefficient (Wildman–Crippen LogP) is 3.94. The van der Waals surface area contributed by atoms with Crippen molar-refractivity contribution in [2.75, 3.05) is 0 Å². The lowest BCUT2D eigenvalue weighted by Crippen LogP contribution is -2.40. The first-order valence-corrected chi connectivity index (χ1v) is 8.58. The van der Waals surface area contributed by atoms with E-state index in [1.54, 1.807) is 6.08 Å². The highest BCUT2D eigenvalue weighted by molar-refractivity contribution is 6.69. The Bertz CT molecular complexity index is 203. The number of hydrogen-bond donors (Lipinski definition) is 0. The number of allylic oxidation sites excluding steroid dienone is 1. The maximum Gasteiger partial charge on any atom is 0.184 e. The van der Waals surface area contributed by atoms with Crippen LogP contribution in [0.15, 0.2) is 18.2 Å². The molecule has 0 spiro atoms. The molecular formula is C12H23OSi. The molecule has 1 nitrogen and oxygen atoms in total. The van der Waals surface area contributed by atoms with E-state index in [2.05, 4.69) is 38.7 Å². The van der Waals surface area contributed by atoms with Crippen LogP contribution in [-0.2, 0) is 4.43 Å². The van der Waals surface area contributed by atoms with Crippen molar-refractivity contribution in [2.24, 2.45) is 0 Å². The Balaban J connectivity index is 4.45. The van der Waals surface area contributed by atoms with Crippen LogP contribution in [0.25, 0.3) is 0 Å². The van der Waals surface area contributed by atoms with E-state index in [4.69, 9.17) is 11.0 Å². The van der Waals surface area contributed by atoms with E-state index in [1.165, 1.54) is 0 Å². The molecule has 0 aromatic rings. The molecular weight excluding hydrogens is 188 g/mol. The minimum Gasteiger partial charge on any atom is -0.412 e. The van der Waals surface area contributed by atoms with Gasteiger partial charge in [-0.3, -0.25) is 0 Å². The van der Waals surface area contributed by atoms with Gasteiger partial charge in [-0.1, -0.05) is 24.8 Å². The minimum atomic E-state index is -1.49. The first kappa shape index (κ1) is 13.7. The van der Waals surface area contributed by atoms with Gasteiger partial charge in [-0.25, -0.2) is 0 Å². The van der Waals surface area contributed by atoms with E-state index < -0.39 is 8.32 Å². The standard InChI is InChI=1S/C12H23OSi/c1-7-9-11-12(3,10-8-2)13-14(4,5)6/h2,7-9H,10-11H2,1,3-6H3/b8-2?,9-7+. The second kappa shape index (κ2) is 5.52. The number of hydrogen-bond acceptors (Lipinski definition) is 1. The highest BCUT2D eigenvalue weighted by atomic mass is 28.4. The molecule has 0 aromatic heterocycles. The monoisotopic (exact) mass is 211 g/mol. The maximum atomic E-state index is 6.14. The van der Waals surface area contributed by atoms with Crippen LogP contribution < -0.4 is 0 Å². The highest BCUT2D eigenvalue weighted by Gasteiger charge is 2.29. The topological polar surface area (TPSA) is 9.23 Å². The largest absolute Gasteiger partial charge is 0.412 e. The molecule has 81 valence electrons. The summed E-state index contributed by atoms with van der Waals surface area (Å²) in [6, 6.07) is 0. The molecule has 0 rings (SSSR count). The van der Waals surface area contributed by atoms with Crippen LogP contribution in [0.5, 0.6) is 0 Å². The molecule has 0 saturated heterocycles. The summed E-state index contributed by atoms with van der Waals surface area (Å²) in [5, 5.41) is 0. The Labute approximate surface area is 90.0 Å². The summed E-state index contributed by atoms with van der Waals surface area (Å²) in [5.74, 6) is 0. The fourth-order valence-electron chi connectivity index (χ4n) is 1.52. The quantitative estimate of drug-likeness (QED) is 0.477. The molecule has 0 aliphatic rings. The summed E-state index contributed by atoms with van der Waals surface area (Å²) in [5.41, 5.74) is -0.119. The SMILES string of the molecule is [CH]=CCC(C)(C/C=C/C)O[Si](C)(C)C. The fourth-order valence-corrected chi connectivity index (χ4v) is 3.17. The van der Waals surface area contributed by atoms with Gasteiger partial charge >= 0.3 is 0 Å². The second-order valence-corrected chi connectivity index (χ2v) is 9.31. The van der Waals surface area contributed by atoms with Crippen molar-refractivity contribution in [3.05, 3.63) is 24.8 Å². The van der Waals surface area contributed by atoms with Crippen molar-refractivity contribution < 1.29 is 4.43 Å². The zero-order chi connectivity index (χ0) is 11.2. The van der Waals surface area contributed by atoms with Gasteiger partial charge < -0.3 is 4.43 Å². The lowest BCUT2D eigenvalue weighted by Gasteiger charge is -2.35. The lowest BCUT2D eigenvalue weighted by atomic mass is 9.98. The van der Waals surface area contributed by atoms with E-state index in [-0.39, 0.29) is 5.60 Å². The van der Waals surface area contributed by atoms with Gasteiger partial charge in [0.05, 0.1) is 5.60 Å². The normalized spacial score (nSPS) is 16.9. The summed E-state index contributed by atoms with van der Waals surface area (Å²) >= 11 is 0. The Morgan fingerprint density at radius 3 is 2.21 bits per heavy atom. The molecule has 0 bridgehead atoms. The van der Waals surface area contributed by atoms with Crippen LogP contribution in [0.1, 0.15) is 26.7 Å². The fraction of sp³-hybridized carbons (Fsp3) is 0.667. The Morgan fingerprint density at radius 1 is 1.29 bits per heavy atom. The third kappa shape index (κ3) is 6.16. The van der Waals surface area contributed by atoms with Crippen LogP contribution >= 0.6 is 0 Å². The third-order valence-electron chi connectivity index (χ3n) is 1.89. The molecule has 0 heterocycles. The lowest BCUT2D eigenvalue weighted by molar-refractivity contribution is 0.0869. The van der Waals surface area contributed by atoms with Crippen LogP contribution in [0.4, 0.5) is 0 Å². The third-order valence-corrected chi connectivity index (χ3v) is 2.99. The Kier molecular flexibility index (Phi) is 5.38. The highest BCUT2D eigenvalue weighted by Crippen LogP contribution is 2.25. The average Bonchev–Trinajstić information content (AvgIpc) is 1.98. The van der Waals surface area contributed by atoms with Gasteiger partial charge in [0.15, 0.2) is 8.32 Å². The van der Waals surface area contributed by atoms with Gasteiger partial charge in [-0.05, 0) is 46.3 Å². The molecule has 0 fully saturated rings. The van der Waals surface area contributed by atoms with E-state index >= 15 is 0 Å². The second-order valence-electron chi connectivity index (χ2n) is 4.88. The summed E-state index contributed by atoms with van der Waals surface area (Å²) in [7, 11) is -1.49. The first-order valence-electron chi connectivity index (χ1n) is 5.18. The molecule has 0 aliphatic carbocycles. The van der Waals surface area contributed by atoms with Crippen LogP contribution in [0, 0.1) is 6.58 Å². The molecule has 0 aliphatic heterocycles. The smallest absolute Gasteiger partial charge is 0.184 e. The summed E-state index contributed by atoms with van der Waals surface area (Å²) < 4.78 is 6.14. The van der Waals surface area contributed by atoms with Crippen LogP contribution in [0.2, 0.25) is 19.6 Å². The van der Waals surface area contributed by atoms with Gasteiger partial charge in [0.2, 0.25) is 0 Å². The molecule has 0 amide bonds. The van der Waals surface area contributed by atoms with Crippen molar-refractivity contribution in [2.45, 2.75) is 51.9 Å². The Hall–Kier alpha value is -0.343. The number of rotatable bonds is 6. The van der Waals surface area contributed by atoms with Crippen molar-refractivity contribution in [3.8, 4) is 0 Å². The van der Waals surface area contributed by atoms with Gasteiger partial charge in [0, 0.05) is 0 Å². The summed E-state index contributed by atoms with van der Waals surface area (Å²) in [6.45, 7) is 16.3. The molecule has 0 N–H and O–H groups in total. The molecule has 2 heteroatoms. The maximum absolute atomic E-state index is 6.14. The molecule has 0 aromatic carbocycles. The van der Waals surface area contributed by atoms with Crippen LogP contribution in [-0.4, -0.2) is 13.9 Å². The average molecular weight is 211 g/mol. The van der Waals surface area contributed by atoms with E-state index in [0.29, 0.717) is 0 Å². The zero-order valence-electron chi connectivity index (χ0n) is 10.1. The molecule has 1 radical (unpaired) electrons. The van der Waals surface area contributed by atoms with Crippen molar-refractivity contribution >= 4 is 8.32 Å². The van der Waals surface area contributed by atoms with Crippen molar-refractivity contribution in [3.63, 3.8) is 0 Å². The first-order chi connectivity index (χ1) is 6.33. The van der Waals surface area contributed by atoms with Gasteiger partial charge in [-0.15, -0.1) is 0 Å². The van der Waals surface area contributed by atoms with E-state index in [9.17, 15) is 0 Å². The molecule has 1 unspecified atom stereocenters. The molecule has 14 heavy (non-hydrogen) atoms. The van der Waals surface area contributed by atoms with Crippen molar-refractivity contribution in [1.82, 2.24) is 0 Å². The Morgan fingerprint density at radius 2 is 1.86 bits per heavy atom. The van der Waals surface area contributed by atoms with Gasteiger partial charge in [0.25, 0.3) is 0 Å². The summed E-state index contributed by atoms with van der Waals surface area (Å²) in [6.07, 6.45) is 7.64. The molecule has 0 saturated carbocycles. The molecule has 1 atom stereocenters. The van der Waals surface area contributed by atoms with E-state index in [0.717, 1.165) is 12.8 Å². The summed E-state index contributed by atoms with van der Waals surface area (Å²) in [4.78, 5) is 0. The predicted molar refractivity (Wildman–Crippen MR) is 65.8 cm³/mol. The zero-order valence-corrected chi connectivity index (χ0v) is 11.1. The van der Waals surface area contributed by atoms with Crippen molar-refractivity contribution in [1.29, 1.82) is 0 Å². The van der Waals surface area contributed by atoms with Gasteiger partial charge in [-0.2, -0.15) is 0 Å².